The number of rotatable bonds is 6. The number of ether oxygens (including phenoxy) is 3. The van der Waals surface area contributed by atoms with Crippen LogP contribution in [0.15, 0.2) is 18.2 Å². The van der Waals surface area contributed by atoms with Gasteiger partial charge in [-0.1, -0.05) is 12.1 Å². The summed E-state index contributed by atoms with van der Waals surface area (Å²) in [5.41, 5.74) is 7.14. The van der Waals surface area contributed by atoms with Gasteiger partial charge >= 0.3 is 0 Å². The molecule has 5 heteroatoms. The Kier molecular flexibility index (Phi) is 5.85. The van der Waals surface area contributed by atoms with Gasteiger partial charge in [-0.2, -0.15) is 0 Å². The SMILES string of the molecule is COc1cccc(C(CN)N2CCCC(OC)C2)c1OC. The van der Waals surface area contributed by atoms with Crippen molar-refractivity contribution in [3.05, 3.63) is 23.8 Å². The summed E-state index contributed by atoms with van der Waals surface area (Å²) in [5.74, 6) is 1.52. The average molecular weight is 294 g/mol. The molecule has 21 heavy (non-hydrogen) atoms. The molecule has 118 valence electrons. The second kappa shape index (κ2) is 7.64. The molecule has 2 N–H and O–H groups in total. The molecule has 0 aliphatic carbocycles. The second-order valence-electron chi connectivity index (χ2n) is 5.33. The maximum Gasteiger partial charge on any atom is 0.165 e. The van der Waals surface area contributed by atoms with Gasteiger partial charge in [0.1, 0.15) is 0 Å². The Labute approximate surface area is 127 Å². The van der Waals surface area contributed by atoms with E-state index in [9.17, 15) is 0 Å². The first-order chi connectivity index (χ1) is 10.2. The van der Waals surface area contributed by atoms with E-state index >= 15 is 0 Å². The Bertz CT molecular complexity index is 453. The van der Waals surface area contributed by atoms with Crippen LogP contribution in [0.1, 0.15) is 24.4 Å². The third kappa shape index (κ3) is 3.48. The lowest BCUT2D eigenvalue weighted by Crippen LogP contribution is -2.43. The quantitative estimate of drug-likeness (QED) is 0.867. The van der Waals surface area contributed by atoms with Gasteiger partial charge in [0.25, 0.3) is 0 Å². The predicted octanol–water partition coefficient (Wildman–Crippen LogP) is 1.81. The first-order valence-corrected chi connectivity index (χ1v) is 7.43. The molecule has 1 aromatic carbocycles. The highest BCUT2D eigenvalue weighted by atomic mass is 16.5. The van der Waals surface area contributed by atoms with Crippen LogP contribution in [-0.2, 0) is 4.74 Å². The van der Waals surface area contributed by atoms with Gasteiger partial charge in [0.05, 0.1) is 26.4 Å². The number of nitrogens with two attached hydrogens (primary N) is 1. The number of benzene rings is 1. The lowest BCUT2D eigenvalue weighted by molar-refractivity contribution is 0.0151. The molecule has 0 amide bonds. The molecule has 0 aromatic heterocycles. The minimum atomic E-state index is 0.119. The minimum absolute atomic E-state index is 0.119. The van der Waals surface area contributed by atoms with Crippen molar-refractivity contribution < 1.29 is 14.2 Å². The first kappa shape index (κ1) is 16.1. The van der Waals surface area contributed by atoms with E-state index in [1.54, 1.807) is 21.3 Å². The van der Waals surface area contributed by atoms with E-state index in [-0.39, 0.29) is 12.1 Å². The Balaban J connectivity index is 2.28. The highest BCUT2D eigenvalue weighted by molar-refractivity contribution is 5.48. The largest absolute Gasteiger partial charge is 0.493 e. The molecule has 1 saturated heterocycles. The summed E-state index contributed by atoms with van der Waals surface area (Å²) < 4.78 is 16.5. The van der Waals surface area contributed by atoms with Gasteiger partial charge in [-0.25, -0.2) is 0 Å². The Hall–Kier alpha value is -1.30. The topological polar surface area (TPSA) is 57.0 Å². The van der Waals surface area contributed by atoms with Crippen molar-refractivity contribution in [2.45, 2.75) is 25.0 Å². The number of hydrogen-bond donors (Lipinski definition) is 1. The maximum absolute atomic E-state index is 6.06. The van der Waals surface area contributed by atoms with Crippen molar-refractivity contribution in [2.24, 2.45) is 5.73 Å². The fourth-order valence-corrected chi connectivity index (χ4v) is 3.09. The molecule has 0 radical (unpaired) electrons. The number of likely N-dealkylation sites (tertiary alicyclic amines) is 1. The summed E-state index contributed by atoms with van der Waals surface area (Å²) in [6, 6.07) is 6.07. The van der Waals surface area contributed by atoms with Crippen molar-refractivity contribution in [3.63, 3.8) is 0 Å². The summed E-state index contributed by atoms with van der Waals surface area (Å²) in [6.45, 7) is 2.47. The van der Waals surface area contributed by atoms with Gasteiger partial charge in [0.15, 0.2) is 11.5 Å². The smallest absolute Gasteiger partial charge is 0.165 e. The summed E-state index contributed by atoms with van der Waals surface area (Å²) in [4.78, 5) is 2.38. The van der Waals surface area contributed by atoms with E-state index in [2.05, 4.69) is 11.0 Å². The molecule has 2 rings (SSSR count). The van der Waals surface area contributed by atoms with Crippen LogP contribution in [0, 0.1) is 0 Å². The Morgan fingerprint density at radius 2 is 2.10 bits per heavy atom. The van der Waals surface area contributed by atoms with E-state index in [1.807, 2.05) is 12.1 Å². The molecule has 1 aliphatic rings. The molecule has 5 nitrogen and oxygen atoms in total. The van der Waals surface area contributed by atoms with Crippen LogP contribution in [0.4, 0.5) is 0 Å². The number of nitrogens with zero attached hydrogens (tertiary/aromatic N) is 1. The molecule has 0 saturated carbocycles. The summed E-state index contributed by atoms with van der Waals surface area (Å²) in [6.07, 6.45) is 2.52. The highest BCUT2D eigenvalue weighted by Gasteiger charge is 2.28. The molecule has 2 atom stereocenters. The van der Waals surface area contributed by atoms with Crippen LogP contribution in [0.2, 0.25) is 0 Å². The first-order valence-electron chi connectivity index (χ1n) is 7.43. The zero-order valence-corrected chi connectivity index (χ0v) is 13.2. The summed E-state index contributed by atoms with van der Waals surface area (Å²) >= 11 is 0. The van der Waals surface area contributed by atoms with Crippen molar-refractivity contribution in [1.29, 1.82) is 0 Å². The third-order valence-electron chi connectivity index (χ3n) is 4.20. The van der Waals surface area contributed by atoms with Gasteiger partial charge in [0, 0.05) is 25.8 Å². The molecular formula is C16H26N2O3. The normalized spacial score (nSPS) is 21.0. The molecule has 1 heterocycles. The standard InChI is InChI=1S/C16H26N2O3/c1-19-12-6-5-9-18(11-12)14(10-17)13-7-4-8-15(20-2)16(13)21-3/h4,7-8,12,14H,5-6,9-11,17H2,1-3H3. The number of methoxy groups -OCH3 is 3. The Morgan fingerprint density at radius 3 is 2.71 bits per heavy atom. The second-order valence-corrected chi connectivity index (χ2v) is 5.33. The monoisotopic (exact) mass is 294 g/mol. The molecule has 1 fully saturated rings. The molecule has 0 spiro atoms. The van der Waals surface area contributed by atoms with Crippen LogP contribution >= 0.6 is 0 Å². The number of para-hydroxylation sites is 1. The van der Waals surface area contributed by atoms with Crippen molar-refractivity contribution in [1.82, 2.24) is 4.90 Å². The van der Waals surface area contributed by atoms with Gasteiger partial charge < -0.3 is 19.9 Å². The maximum atomic E-state index is 6.06. The third-order valence-corrected chi connectivity index (χ3v) is 4.20. The lowest BCUT2D eigenvalue weighted by atomic mass is 9.99. The Morgan fingerprint density at radius 1 is 1.29 bits per heavy atom. The molecule has 1 aliphatic heterocycles. The van der Waals surface area contributed by atoms with Gasteiger partial charge in [-0.3, -0.25) is 4.90 Å². The van der Waals surface area contributed by atoms with E-state index in [0.717, 1.165) is 43.0 Å². The fraction of sp³-hybridized carbons (Fsp3) is 0.625. The predicted molar refractivity (Wildman–Crippen MR) is 82.9 cm³/mol. The average Bonchev–Trinajstić information content (AvgIpc) is 2.55. The van der Waals surface area contributed by atoms with Gasteiger partial charge in [-0.05, 0) is 25.5 Å². The van der Waals surface area contributed by atoms with Crippen molar-refractivity contribution >= 4 is 0 Å². The van der Waals surface area contributed by atoms with E-state index in [1.165, 1.54) is 0 Å². The van der Waals surface area contributed by atoms with E-state index in [4.69, 9.17) is 19.9 Å². The van der Waals surface area contributed by atoms with Crippen molar-refractivity contribution in [3.8, 4) is 11.5 Å². The minimum Gasteiger partial charge on any atom is -0.493 e. The lowest BCUT2D eigenvalue weighted by Gasteiger charge is -2.38. The number of hydrogen-bond acceptors (Lipinski definition) is 5. The molecular weight excluding hydrogens is 268 g/mol. The highest BCUT2D eigenvalue weighted by Crippen LogP contribution is 2.37. The van der Waals surface area contributed by atoms with E-state index in [0.29, 0.717) is 6.54 Å². The zero-order valence-electron chi connectivity index (χ0n) is 13.2. The van der Waals surface area contributed by atoms with E-state index < -0.39 is 0 Å². The van der Waals surface area contributed by atoms with Crippen LogP contribution in [0.25, 0.3) is 0 Å². The summed E-state index contributed by atoms with van der Waals surface area (Å²) in [5, 5.41) is 0. The molecule has 2 unspecified atom stereocenters. The fourth-order valence-electron chi connectivity index (χ4n) is 3.09. The number of piperidine rings is 1. The molecule has 0 bridgehead atoms. The van der Waals surface area contributed by atoms with Gasteiger partial charge in [0.2, 0.25) is 0 Å². The van der Waals surface area contributed by atoms with Gasteiger partial charge in [-0.15, -0.1) is 0 Å². The van der Waals surface area contributed by atoms with Crippen LogP contribution in [-0.4, -0.2) is 52.0 Å². The summed E-state index contributed by atoms with van der Waals surface area (Å²) in [7, 11) is 5.10. The molecule has 1 aromatic rings. The van der Waals surface area contributed by atoms with Crippen LogP contribution in [0.5, 0.6) is 11.5 Å². The van der Waals surface area contributed by atoms with Crippen molar-refractivity contribution in [2.75, 3.05) is 41.0 Å². The zero-order chi connectivity index (χ0) is 15.2. The van der Waals surface area contributed by atoms with Crippen LogP contribution < -0.4 is 15.2 Å². The van der Waals surface area contributed by atoms with Crippen LogP contribution in [0.3, 0.4) is 0 Å².